The van der Waals surface area contributed by atoms with Crippen molar-refractivity contribution in [2.24, 2.45) is 0 Å². The Bertz CT molecular complexity index is 3300. The molecule has 0 heterocycles. The molecular formula is C62H45N. The van der Waals surface area contributed by atoms with E-state index in [1.54, 1.807) is 0 Å². The van der Waals surface area contributed by atoms with Crippen LogP contribution in [0.1, 0.15) is 47.2 Å². The molecule has 298 valence electrons. The predicted octanol–water partition coefficient (Wildman–Crippen LogP) is 16.3. The molecule has 1 nitrogen and oxygen atoms in total. The van der Waals surface area contributed by atoms with E-state index in [0.717, 1.165) is 17.1 Å². The second-order valence-corrected chi connectivity index (χ2v) is 17.6. The van der Waals surface area contributed by atoms with Gasteiger partial charge in [0.25, 0.3) is 0 Å². The summed E-state index contributed by atoms with van der Waals surface area (Å²) in [4.78, 5) is 2.39. The first-order valence-corrected chi connectivity index (χ1v) is 22.1. The SMILES string of the molecule is CC1(C)c2cc(-c3ccc4c(c3)C(c3ccccc3)(c3ccccc3)c3ccccc3-4)ccc2-c2ccc(N(c3ccccc3)c3ccc(-c4cccc5ccccc45)cc3)cc21. The molecule has 0 spiro atoms. The van der Waals surface area contributed by atoms with Crippen LogP contribution in [0.3, 0.4) is 0 Å². The molecule has 0 saturated heterocycles. The first kappa shape index (κ1) is 37.1. The Labute approximate surface area is 370 Å². The molecule has 0 amide bonds. The molecule has 0 atom stereocenters. The molecule has 63 heavy (non-hydrogen) atoms. The topological polar surface area (TPSA) is 3.24 Å². The fourth-order valence-corrected chi connectivity index (χ4v) is 11.0. The molecule has 0 bridgehead atoms. The van der Waals surface area contributed by atoms with Crippen molar-refractivity contribution in [3.8, 4) is 44.5 Å². The number of nitrogens with zero attached hydrogens (tertiary/aromatic N) is 1. The molecule has 2 aliphatic carbocycles. The molecule has 1 heteroatoms. The first-order chi connectivity index (χ1) is 31.0. The van der Waals surface area contributed by atoms with Crippen molar-refractivity contribution in [1.29, 1.82) is 0 Å². The average Bonchev–Trinajstić information content (AvgIpc) is 3.77. The summed E-state index contributed by atoms with van der Waals surface area (Å²) in [6.07, 6.45) is 0. The smallest absolute Gasteiger partial charge is 0.0713 e. The summed E-state index contributed by atoms with van der Waals surface area (Å²) >= 11 is 0. The number of hydrogen-bond acceptors (Lipinski definition) is 1. The van der Waals surface area contributed by atoms with Gasteiger partial charge in [0.05, 0.1) is 5.41 Å². The zero-order chi connectivity index (χ0) is 42.1. The molecule has 0 aliphatic heterocycles. The molecule has 0 unspecified atom stereocenters. The summed E-state index contributed by atoms with van der Waals surface area (Å²) in [5.74, 6) is 0. The Kier molecular flexibility index (Phi) is 8.49. The van der Waals surface area contributed by atoms with E-state index in [1.807, 2.05) is 0 Å². The van der Waals surface area contributed by atoms with Gasteiger partial charge >= 0.3 is 0 Å². The van der Waals surface area contributed by atoms with E-state index < -0.39 is 5.41 Å². The van der Waals surface area contributed by atoms with Crippen LogP contribution in [0.2, 0.25) is 0 Å². The van der Waals surface area contributed by atoms with Crippen LogP contribution in [0, 0.1) is 0 Å². The number of para-hydroxylation sites is 1. The van der Waals surface area contributed by atoms with Crippen molar-refractivity contribution in [3.05, 3.63) is 270 Å². The third-order valence-corrected chi connectivity index (χ3v) is 14.0. The highest BCUT2D eigenvalue weighted by atomic mass is 15.1. The molecule has 0 fully saturated rings. The van der Waals surface area contributed by atoms with Gasteiger partial charge in [-0.25, -0.2) is 0 Å². The van der Waals surface area contributed by atoms with Crippen molar-refractivity contribution < 1.29 is 0 Å². The molecule has 0 aromatic heterocycles. The third-order valence-electron chi connectivity index (χ3n) is 14.0. The van der Waals surface area contributed by atoms with Crippen LogP contribution < -0.4 is 4.90 Å². The lowest BCUT2D eigenvalue weighted by Crippen LogP contribution is -2.28. The maximum atomic E-state index is 2.48. The summed E-state index contributed by atoms with van der Waals surface area (Å²) in [6, 6.07) is 87.6. The molecule has 0 radical (unpaired) electrons. The summed E-state index contributed by atoms with van der Waals surface area (Å²) in [6.45, 7) is 4.79. The molecule has 0 saturated carbocycles. The van der Waals surface area contributed by atoms with Gasteiger partial charge < -0.3 is 4.90 Å². The second-order valence-electron chi connectivity index (χ2n) is 17.6. The first-order valence-electron chi connectivity index (χ1n) is 22.1. The highest BCUT2D eigenvalue weighted by Crippen LogP contribution is 2.57. The number of hydrogen-bond donors (Lipinski definition) is 0. The molecule has 12 rings (SSSR count). The lowest BCUT2D eigenvalue weighted by molar-refractivity contribution is 0.660. The van der Waals surface area contributed by atoms with Gasteiger partial charge in [-0.05, 0) is 137 Å². The van der Waals surface area contributed by atoms with Gasteiger partial charge in [-0.3, -0.25) is 0 Å². The van der Waals surface area contributed by atoms with Crippen LogP contribution in [-0.4, -0.2) is 0 Å². The quantitative estimate of drug-likeness (QED) is 0.155. The lowest BCUT2D eigenvalue weighted by atomic mass is 9.67. The summed E-state index contributed by atoms with van der Waals surface area (Å²) in [5, 5.41) is 2.52. The predicted molar refractivity (Wildman–Crippen MR) is 264 cm³/mol. The van der Waals surface area contributed by atoms with Gasteiger partial charge in [0.2, 0.25) is 0 Å². The average molecular weight is 804 g/mol. The van der Waals surface area contributed by atoms with Crippen molar-refractivity contribution in [3.63, 3.8) is 0 Å². The van der Waals surface area contributed by atoms with E-state index in [4.69, 9.17) is 0 Å². The van der Waals surface area contributed by atoms with E-state index in [9.17, 15) is 0 Å². The minimum atomic E-state index is -0.437. The van der Waals surface area contributed by atoms with Crippen LogP contribution in [0.25, 0.3) is 55.3 Å². The van der Waals surface area contributed by atoms with E-state index in [1.165, 1.54) is 88.7 Å². The summed E-state index contributed by atoms with van der Waals surface area (Å²) < 4.78 is 0. The van der Waals surface area contributed by atoms with E-state index >= 15 is 0 Å². The zero-order valence-corrected chi connectivity index (χ0v) is 35.5. The molecule has 2 aliphatic rings. The number of anilines is 3. The van der Waals surface area contributed by atoms with Crippen molar-refractivity contribution in [1.82, 2.24) is 0 Å². The number of rotatable bonds is 7. The Morgan fingerprint density at radius 1 is 0.302 bits per heavy atom. The fraction of sp³-hybridized carbons (Fsp3) is 0.0645. The van der Waals surface area contributed by atoms with Crippen molar-refractivity contribution in [2.75, 3.05) is 4.90 Å². The van der Waals surface area contributed by atoms with Gasteiger partial charge in [-0.2, -0.15) is 0 Å². The second kappa shape index (κ2) is 14.4. The van der Waals surface area contributed by atoms with Gasteiger partial charge in [0, 0.05) is 22.5 Å². The van der Waals surface area contributed by atoms with Crippen LogP contribution in [0.5, 0.6) is 0 Å². The normalized spacial score (nSPS) is 13.8. The highest BCUT2D eigenvalue weighted by molar-refractivity contribution is 5.97. The van der Waals surface area contributed by atoms with E-state index in [-0.39, 0.29) is 5.41 Å². The highest BCUT2D eigenvalue weighted by Gasteiger charge is 2.46. The summed E-state index contributed by atoms with van der Waals surface area (Å²) in [5.41, 5.74) is 20.8. The van der Waals surface area contributed by atoms with Crippen molar-refractivity contribution >= 4 is 27.8 Å². The fourth-order valence-electron chi connectivity index (χ4n) is 11.0. The largest absolute Gasteiger partial charge is 0.310 e. The Balaban J connectivity index is 0.942. The standard InChI is InChI=1S/C62H45N/c1-61(2)58-39-44(45-32-37-56-53-26-14-15-28-57(53)62(60(56)40-45,46-19-6-3-7-20-46)47-21-8-4-9-22-47)31-36-54(58)55-38-35-50(41-59(55)61)63(48-23-10-5-11-24-48)49-33-29-43(30-34-49)52-27-16-18-42-17-12-13-25-51(42)52/h3-41H,1-2H3. The van der Waals surface area contributed by atoms with Gasteiger partial charge in [-0.15, -0.1) is 0 Å². The van der Waals surface area contributed by atoms with Gasteiger partial charge in [-0.1, -0.05) is 202 Å². The number of fused-ring (bicyclic) bond motifs is 7. The Hall–Kier alpha value is -7.74. The third kappa shape index (κ3) is 5.70. The van der Waals surface area contributed by atoms with Gasteiger partial charge in [0.15, 0.2) is 0 Å². The van der Waals surface area contributed by atoms with E-state index in [2.05, 4.69) is 255 Å². The van der Waals surface area contributed by atoms with Gasteiger partial charge in [0.1, 0.15) is 0 Å². The molecule has 10 aromatic rings. The van der Waals surface area contributed by atoms with Crippen LogP contribution >= 0.6 is 0 Å². The monoisotopic (exact) mass is 803 g/mol. The van der Waals surface area contributed by atoms with Crippen LogP contribution in [0.15, 0.2) is 237 Å². The van der Waals surface area contributed by atoms with Crippen LogP contribution in [-0.2, 0) is 10.8 Å². The lowest BCUT2D eigenvalue weighted by Gasteiger charge is -2.34. The minimum Gasteiger partial charge on any atom is -0.310 e. The van der Waals surface area contributed by atoms with Crippen LogP contribution in [0.4, 0.5) is 17.1 Å². The maximum absolute atomic E-state index is 2.48. The maximum Gasteiger partial charge on any atom is 0.0713 e. The Morgan fingerprint density at radius 3 is 1.46 bits per heavy atom. The zero-order valence-electron chi connectivity index (χ0n) is 35.5. The molecule has 10 aromatic carbocycles. The van der Waals surface area contributed by atoms with E-state index in [0.29, 0.717) is 0 Å². The Morgan fingerprint density at radius 2 is 0.762 bits per heavy atom. The molecule has 0 N–H and O–H groups in total. The molecular weight excluding hydrogens is 759 g/mol. The minimum absolute atomic E-state index is 0.220. The summed E-state index contributed by atoms with van der Waals surface area (Å²) in [7, 11) is 0. The number of benzene rings is 10. The van der Waals surface area contributed by atoms with Crippen molar-refractivity contribution in [2.45, 2.75) is 24.7 Å².